The molecule has 128 valence electrons. The van der Waals surface area contributed by atoms with Crippen molar-refractivity contribution in [3.63, 3.8) is 0 Å². The van der Waals surface area contributed by atoms with Crippen molar-refractivity contribution < 1.29 is 17.6 Å². The van der Waals surface area contributed by atoms with Crippen LogP contribution in [-0.4, -0.2) is 20.4 Å². The molecule has 0 aromatic heterocycles. The molecular weight excluding hydrogens is 331 g/mol. The number of hydrogen-bond donors (Lipinski definition) is 2. The van der Waals surface area contributed by atoms with Crippen LogP contribution in [0.25, 0.3) is 0 Å². The molecule has 2 rings (SSSR count). The van der Waals surface area contributed by atoms with Crippen molar-refractivity contribution in [1.29, 1.82) is 0 Å². The van der Waals surface area contributed by atoms with Gasteiger partial charge in [0, 0.05) is 5.69 Å². The van der Waals surface area contributed by atoms with Crippen LogP contribution in [0.4, 0.5) is 10.1 Å². The summed E-state index contributed by atoms with van der Waals surface area (Å²) in [5, 5.41) is 2.68. The fourth-order valence-electron chi connectivity index (χ4n) is 2.27. The first-order chi connectivity index (χ1) is 11.2. The molecule has 2 N–H and O–H groups in total. The fourth-order valence-corrected chi connectivity index (χ4v) is 3.47. The molecule has 5 nitrogen and oxygen atoms in total. The van der Waals surface area contributed by atoms with Gasteiger partial charge in [-0.25, -0.2) is 12.8 Å². The van der Waals surface area contributed by atoms with Crippen molar-refractivity contribution in [2.45, 2.75) is 31.7 Å². The van der Waals surface area contributed by atoms with Gasteiger partial charge in [0.25, 0.3) is 0 Å². The average molecular weight is 350 g/mol. The fraction of sp³-hybridized carbons (Fsp3) is 0.235. The second-order valence-corrected chi connectivity index (χ2v) is 7.38. The molecule has 0 fully saturated rings. The highest BCUT2D eigenvalue weighted by molar-refractivity contribution is 7.89. The van der Waals surface area contributed by atoms with Crippen LogP contribution < -0.4 is 10.0 Å². The lowest BCUT2D eigenvalue weighted by molar-refractivity contribution is -0.117. The number of aryl methyl sites for hydroxylation is 2. The predicted molar refractivity (Wildman–Crippen MR) is 90.7 cm³/mol. The number of nitrogens with one attached hydrogen (secondary N) is 2. The lowest BCUT2D eigenvalue weighted by atomic mass is 10.1. The van der Waals surface area contributed by atoms with Gasteiger partial charge in [0.15, 0.2) is 0 Å². The number of anilines is 1. The predicted octanol–water partition coefficient (Wildman–Crippen LogP) is 2.75. The van der Waals surface area contributed by atoms with Gasteiger partial charge in [0.05, 0.1) is 10.9 Å². The Labute approximate surface area is 141 Å². The highest BCUT2D eigenvalue weighted by Gasteiger charge is 2.22. The molecule has 0 aliphatic rings. The number of halogens is 1. The number of benzene rings is 2. The Morgan fingerprint density at radius 2 is 1.58 bits per heavy atom. The van der Waals surface area contributed by atoms with Crippen LogP contribution >= 0.6 is 0 Å². The van der Waals surface area contributed by atoms with E-state index in [9.17, 15) is 17.6 Å². The van der Waals surface area contributed by atoms with Gasteiger partial charge in [-0.05, 0) is 68.3 Å². The van der Waals surface area contributed by atoms with E-state index in [1.54, 1.807) is 12.1 Å². The summed E-state index contributed by atoms with van der Waals surface area (Å²) in [6.45, 7) is 5.26. The molecule has 2 aromatic carbocycles. The van der Waals surface area contributed by atoms with E-state index in [0.29, 0.717) is 5.69 Å². The van der Waals surface area contributed by atoms with Gasteiger partial charge >= 0.3 is 0 Å². The first-order valence-corrected chi connectivity index (χ1v) is 8.83. The Bertz CT molecular complexity index is 828. The first kappa shape index (κ1) is 18.1. The maximum absolute atomic E-state index is 12.9. The average Bonchev–Trinajstić information content (AvgIpc) is 2.46. The normalized spacial score (nSPS) is 12.7. The Kier molecular flexibility index (Phi) is 5.36. The number of hydrogen-bond acceptors (Lipinski definition) is 3. The summed E-state index contributed by atoms with van der Waals surface area (Å²) in [7, 11) is -3.91. The smallest absolute Gasteiger partial charge is 0.242 e. The van der Waals surface area contributed by atoms with Crippen LogP contribution in [0.2, 0.25) is 0 Å². The molecule has 0 saturated heterocycles. The second kappa shape index (κ2) is 7.11. The maximum Gasteiger partial charge on any atom is 0.242 e. The molecule has 0 aliphatic heterocycles. The lowest BCUT2D eigenvalue weighted by Gasteiger charge is -2.15. The summed E-state index contributed by atoms with van der Waals surface area (Å²) in [6, 6.07) is 8.97. The van der Waals surface area contributed by atoms with E-state index >= 15 is 0 Å². The Hall–Kier alpha value is -2.25. The van der Waals surface area contributed by atoms with Crippen LogP contribution in [-0.2, 0) is 14.8 Å². The highest BCUT2D eigenvalue weighted by atomic mass is 32.2. The molecule has 24 heavy (non-hydrogen) atoms. The Balaban J connectivity index is 2.09. The summed E-state index contributed by atoms with van der Waals surface area (Å²) in [6.07, 6.45) is 0. The minimum absolute atomic E-state index is 0.102. The standard InChI is InChI=1S/C17H19FN2O3S/c1-11-8-12(2)10-15(9-11)19-17(21)13(3)20-24(22,23)16-6-4-14(18)5-7-16/h4-10,13,20H,1-3H3,(H,19,21)/t13-/m0/s1. The largest absolute Gasteiger partial charge is 0.325 e. The number of sulfonamides is 1. The minimum Gasteiger partial charge on any atom is -0.325 e. The van der Waals surface area contributed by atoms with E-state index in [0.717, 1.165) is 35.4 Å². The molecule has 0 unspecified atom stereocenters. The maximum atomic E-state index is 12.9. The Morgan fingerprint density at radius 3 is 2.12 bits per heavy atom. The molecule has 2 aromatic rings. The quantitative estimate of drug-likeness (QED) is 0.871. The van der Waals surface area contributed by atoms with Gasteiger partial charge in [-0.2, -0.15) is 4.72 Å². The Morgan fingerprint density at radius 1 is 1.04 bits per heavy atom. The van der Waals surface area contributed by atoms with E-state index in [1.807, 2.05) is 19.9 Å². The topological polar surface area (TPSA) is 75.3 Å². The summed E-state index contributed by atoms with van der Waals surface area (Å²) >= 11 is 0. The third kappa shape index (κ3) is 4.62. The minimum atomic E-state index is -3.91. The van der Waals surface area contributed by atoms with Crippen molar-refractivity contribution in [3.8, 4) is 0 Å². The van der Waals surface area contributed by atoms with Gasteiger partial charge in [0.1, 0.15) is 5.82 Å². The van der Waals surface area contributed by atoms with Crippen molar-refractivity contribution in [3.05, 3.63) is 59.4 Å². The zero-order valence-corrected chi connectivity index (χ0v) is 14.4. The van der Waals surface area contributed by atoms with Gasteiger partial charge in [0.2, 0.25) is 15.9 Å². The first-order valence-electron chi connectivity index (χ1n) is 7.34. The van der Waals surface area contributed by atoms with Crippen molar-refractivity contribution in [2.24, 2.45) is 0 Å². The molecule has 0 heterocycles. The number of carbonyl (C=O) groups is 1. The number of carbonyl (C=O) groups excluding carboxylic acids is 1. The molecular formula is C17H19FN2O3S. The third-order valence-electron chi connectivity index (χ3n) is 3.34. The van der Waals surface area contributed by atoms with E-state index in [2.05, 4.69) is 10.0 Å². The van der Waals surface area contributed by atoms with Gasteiger partial charge in [-0.1, -0.05) is 6.07 Å². The lowest BCUT2D eigenvalue weighted by Crippen LogP contribution is -2.41. The van der Waals surface area contributed by atoms with Crippen LogP contribution in [0.1, 0.15) is 18.1 Å². The van der Waals surface area contributed by atoms with Gasteiger partial charge in [-0.3, -0.25) is 4.79 Å². The third-order valence-corrected chi connectivity index (χ3v) is 4.89. The van der Waals surface area contributed by atoms with E-state index in [4.69, 9.17) is 0 Å². The van der Waals surface area contributed by atoms with Gasteiger partial charge in [-0.15, -0.1) is 0 Å². The zero-order valence-electron chi connectivity index (χ0n) is 13.6. The zero-order chi connectivity index (χ0) is 17.9. The number of rotatable bonds is 5. The summed E-state index contributed by atoms with van der Waals surface area (Å²) in [4.78, 5) is 12.1. The molecule has 0 bridgehead atoms. The van der Waals surface area contributed by atoms with Crippen LogP contribution in [0.15, 0.2) is 47.4 Å². The molecule has 0 aliphatic carbocycles. The number of amides is 1. The van der Waals surface area contributed by atoms with Crippen LogP contribution in [0.3, 0.4) is 0 Å². The van der Waals surface area contributed by atoms with E-state index in [-0.39, 0.29) is 4.90 Å². The molecule has 1 atom stereocenters. The van der Waals surface area contributed by atoms with E-state index in [1.165, 1.54) is 6.92 Å². The van der Waals surface area contributed by atoms with Crippen molar-refractivity contribution in [1.82, 2.24) is 4.72 Å². The van der Waals surface area contributed by atoms with E-state index < -0.39 is 27.8 Å². The molecule has 7 heteroatoms. The van der Waals surface area contributed by atoms with Crippen molar-refractivity contribution >= 4 is 21.6 Å². The molecule has 0 spiro atoms. The summed E-state index contributed by atoms with van der Waals surface area (Å²) in [5.41, 5.74) is 2.58. The monoisotopic (exact) mass is 350 g/mol. The summed E-state index contributed by atoms with van der Waals surface area (Å²) in [5.74, 6) is -1.01. The van der Waals surface area contributed by atoms with Gasteiger partial charge < -0.3 is 5.32 Å². The van der Waals surface area contributed by atoms with Crippen LogP contribution in [0, 0.1) is 19.7 Å². The summed E-state index contributed by atoms with van der Waals surface area (Å²) < 4.78 is 39.6. The SMILES string of the molecule is Cc1cc(C)cc(NC(=O)[C@H](C)NS(=O)(=O)c2ccc(F)cc2)c1. The molecule has 0 radical (unpaired) electrons. The van der Waals surface area contributed by atoms with Crippen LogP contribution in [0.5, 0.6) is 0 Å². The van der Waals surface area contributed by atoms with Crippen molar-refractivity contribution in [2.75, 3.05) is 5.32 Å². The molecule has 0 saturated carbocycles. The highest BCUT2D eigenvalue weighted by Crippen LogP contribution is 2.15. The second-order valence-electron chi connectivity index (χ2n) is 5.66. The molecule has 1 amide bonds.